The van der Waals surface area contributed by atoms with Gasteiger partial charge in [-0.3, -0.25) is 9.59 Å². The molecule has 0 spiro atoms. The van der Waals surface area contributed by atoms with Gasteiger partial charge < -0.3 is 15.4 Å². The molecule has 0 bridgehead atoms. The normalized spacial score (nSPS) is 10.2. The Hall–Kier alpha value is -3.60. The summed E-state index contributed by atoms with van der Waals surface area (Å²) in [6, 6.07) is 24.8. The number of hydrogen-bond acceptors (Lipinski definition) is 3. The van der Waals surface area contributed by atoms with E-state index in [1.807, 2.05) is 61.5 Å². The second kappa shape index (κ2) is 10.1. The minimum absolute atomic E-state index is 0.0724. The zero-order valence-electron chi connectivity index (χ0n) is 16.4. The average Bonchev–Trinajstić information content (AvgIpc) is 2.74. The highest BCUT2D eigenvalue weighted by molar-refractivity contribution is 5.94. The Morgan fingerprint density at radius 2 is 1.52 bits per heavy atom. The Kier molecular flexibility index (Phi) is 7.00. The first-order valence-corrected chi connectivity index (χ1v) is 9.48. The number of amides is 2. The number of nitrogens with one attached hydrogen (secondary N) is 2. The molecular weight excluding hydrogens is 364 g/mol. The lowest BCUT2D eigenvalue weighted by molar-refractivity contribution is -0.123. The molecule has 2 amide bonds. The van der Waals surface area contributed by atoms with Crippen LogP contribution >= 0.6 is 0 Å². The van der Waals surface area contributed by atoms with E-state index >= 15 is 0 Å². The zero-order chi connectivity index (χ0) is 20.5. The molecular formula is C24H24N2O3. The predicted molar refractivity (Wildman–Crippen MR) is 114 cm³/mol. The van der Waals surface area contributed by atoms with Crippen LogP contribution in [0.15, 0.2) is 78.9 Å². The summed E-state index contributed by atoms with van der Waals surface area (Å²) in [6.45, 7) is 2.37. The molecule has 5 nitrogen and oxygen atoms in total. The molecule has 0 fully saturated rings. The molecule has 3 aromatic carbocycles. The highest BCUT2D eigenvalue weighted by Crippen LogP contribution is 2.17. The first-order valence-electron chi connectivity index (χ1n) is 9.48. The minimum Gasteiger partial charge on any atom is -0.489 e. The van der Waals surface area contributed by atoms with E-state index in [1.165, 1.54) is 0 Å². The van der Waals surface area contributed by atoms with Crippen molar-refractivity contribution >= 4 is 17.5 Å². The van der Waals surface area contributed by atoms with E-state index in [4.69, 9.17) is 4.74 Å². The van der Waals surface area contributed by atoms with Crippen LogP contribution in [0.4, 0.5) is 5.69 Å². The number of anilines is 1. The van der Waals surface area contributed by atoms with E-state index in [2.05, 4.69) is 10.6 Å². The van der Waals surface area contributed by atoms with Crippen molar-refractivity contribution in [2.75, 3.05) is 11.9 Å². The molecule has 0 radical (unpaired) electrons. The van der Waals surface area contributed by atoms with Crippen LogP contribution in [-0.4, -0.2) is 18.4 Å². The maximum absolute atomic E-state index is 12.1. The predicted octanol–water partition coefficient (Wildman–Crippen LogP) is 3.87. The Balaban J connectivity index is 1.42. The summed E-state index contributed by atoms with van der Waals surface area (Å²) in [4.78, 5) is 24.1. The van der Waals surface area contributed by atoms with Crippen molar-refractivity contribution in [3.05, 3.63) is 95.6 Å². The molecule has 5 heteroatoms. The van der Waals surface area contributed by atoms with Crippen LogP contribution in [0.3, 0.4) is 0 Å². The van der Waals surface area contributed by atoms with Crippen LogP contribution in [0.25, 0.3) is 0 Å². The molecule has 3 aromatic rings. The van der Waals surface area contributed by atoms with E-state index in [9.17, 15) is 9.59 Å². The van der Waals surface area contributed by atoms with Gasteiger partial charge in [-0.25, -0.2) is 0 Å². The summed E-state index contributed by atoms with van der Waals surface area (Å²) in [5.74, 6) is 0.263. The molecule has 0 unspecified atom stereocenters. The molecule has 0 heterocycles. The van der Waals surface area contributed by atoms with Crippen LogP contribution in [0.2, 0.25) is 0 Å². The summed E-state index contributed by atoms with van der Waals surface area (Å²) >= 11 is 0. The molecule has 0 saturated heterocycles. The Bertz CT molecular complexity index is 953. The number of carbonyl (C=O) groups is 2. The van der Waals surface area contributed by atoms with Gasteiger partial charge in [0, 0.05) is 5.69 Å². The third-order valence-corrected chi connectivity index (χ3v) is 4.44. The lowest BCUT2D eigenvalue weighted by atomic mass is 10.1. The van der Waals surface area contributed by atoms with Gasteiger partial charge in [0.05, 0.1) is 13.0 Å². The van der Waals surface area contributed by atoms with E-state index in [0.29, 0.717) is 12.3 Å². The molecule has 0 atom stereocenters. The molecule has 0 aliphatic rings. The van der Waals surface area contributed by atoms with Crippen LogP contribution in [0.5, 0.6) is 5.75 Å². The zero-order valence-corrected chi connectivity index (χ0v) is 16.4. The molecule has 29 heavy (non-hydrogen) atoms. The lowest BCUT2D eigenvalue weighted by Crippen LogP contribution is -2.33. The molecule has 0 aliphatic carbocycles. The third kappa shape index (κ3) is 6.50. The third-order valence-electron chi connectivity index (χ3n) is 4.44. The highest BCUT2D eigenvalue weighted by atomic mass is 16.5. The summed E-state index contributed by atoms with van der Waals surface area (Å²) in [7, 11) is 0. The number of hydrogen-bond donors (Lipinski definition) is 2. The van der Waals surface area contributed by atoms with Crippen molar-refractivity contribution in [3.63, 3.8) is 0 Å². The van der Waals surface area contributed by atoms with Gasteiger partial charge in [0.15, 0.2) is 0 Å². The van der Waals surface area contributed by atoms with Crippen molar-refractivity contribution in [1.29, 1.82) is 0 Å². The van der Waals surface area contributed by atoms with Crippen molar-refractivity contribution in [1.82, 2.24) is 5.32 Å². The summed E-state index contributed by atoms with van der Waals surface area (Å²) < 4.78 is 5.73. The minimum atomic E-state index is -0.277. The fraction of sp³-hybridized carbons (Fsp3) is 0.167. The number of rotatable bonds is 8. The van der Waals surface area contributed by atoms with Gasteiger partial charge in [0.1, 0.15) is 12.4 Å². The number of carbonyl (C=O) groups excluding carboxylic acids is 2. The Labute approximate surface area is 170 Å². The standard InChI is InChI=1S/C24H24N2O3/c1-18-7-5-6-10-20(18)15-23(27)25-16-24(28)26-21-11-13-22(14-12-21)29-17-19-8-3-2-4-9-19/h2-14H,15-17H2,1H3,(H,25,27)(H,26,28). The SMILES string of the molecule is Cc1ccccc1CC(=O)NCC(=O)Nc1ccc(OCc2ccccc2)cc1. The van der Waals surface area contributed by atoms with E-state index in [0.717, 1.165) is 22.4 Å². The van der Waals surface area contributed by atoms with E-state index in [1.54, 1.807) is 24.3 Å². The maximum Gasteiger partial charge on any atom is 0.243 e. The molecule has 0 aliphatic heterocycles. The largest absolute Gasteiger partial charge is 0.489 e. The second-order valence-electron chi connectivity index (χ2n) is 6.73. The lowest BCUT2D eigenvalue weighted by Gasteiger charge is -2.10. The van der Waals surface area contributed by atoms with Crippen LogP contribution in [0.1, 0.15) is 16.7 Å². The topological polar surface area (TPSA) is 67.4 Å². The molecule has 2 N–H and O–H groups in total. The highest BCUT2D eigenvalue weighted by Gasteiger charge is 2.08. The van der Waals surface area contributed by atoms with Gasteiger partial charge in [-0.1, -0.05) is 54.6 Å². The molecule has 3 rings (SSSR count). The summed E-state index contributed by atoms with van der Waals surface area (Å²) in [5.41, 5.74) is 3.75. The summed E-state index contributed by atoms with van der Waals surface area (Å²) in [6.07, 6.45) is 0.257. The Morgan fingerprint density at radius 3 is 2.24 bits per heavy atom. The van der Waals surface area contributed by atoms with Gasteiger partial charge in [-0.15, -0.1) is 0 Å². The van der Waals surface area contributed by atoms with Crippen molar-refractivity contribution < 1.29 is 14.3 Å². The fourth-order valence-electron chi connectivity index (χ4n) is 2.80. The van der Waals surface area contributed by atoms with E-state index < -0.39 is 0 Å². The summed E-state index contributed by atoms with van der Waals surface area (Å²) in [5, 5.41) is 5.42. The van der Waals surface area contributed by atoms with Crippen molar-refractivity contribution in [3.8, 4) is 5.75 Å². The average molecular weight is 388 g/mol. The number of ether oxygens (including phenoxy) is 1. The van der Waals surface area contributed by atoms with Gasteiger partial charge in [-0.2, -0.15) is 0 Å². The first kappa shape index (κ1) is 20.1. The quantitative estimate of drug-likeness (QED) is 0.616. The van der Waals surface area contributed by atoms with Crippen LogP contribution < -0.4 is 15.4 Å². The number of benzene rings is 3. The van der Waals surface area contributed by atoms with Gasteiger partial charge in [0.25, 0.3) is 0 Å². The molecule has 0 aromatic heterocycles. The van der Waals surface area contributed by atoms with Crippen LogP contribution in [0, 0.1) is 6.92 Å². The van der Waals surface area contributed by atoms with Gasteiger partial charge in [0.2, 0.25) is 11.8 Å². The Morgan fingerprint density at radius 1 is 0.828 bits per heavy atom. The van der Waals surface area contributed by atoms with Gasteiger partial charge >= 0.3 is 0 Å². The maximum atomic E-state index is 12.1. The smallest absolute Gasteiger partial charge is 0.243 e. The molecule has 148 valence electrons. The fourth-order valence-corrected chi connectivity index (χ4v) is 2.80. The number of aryl methyl sites for hydroxylation is 1. The van der Waals surface area contributed by atoms with Crippen molar-refractivity contribution in [2.24, 2.45) is 0 Å². The van der Waals surface area contributed by atoms with Gasteiger partial charge in [-0.05, 0) is 47.9 Å². The monoisotopic (exact) mass is 388 g/mol. The van der Waals surface area contributed by atoms with Crippen molar-refractivity contribution in [2.45, 2.75) is 20.0 Å². The first-order chi connectivity index (χ1) is 14.1. The van der Waals surface area contributed by atoms with Crippen LogP contribution in [-0.2, 0) is 22.6 Å². The molecule has 0 saturated carbocycles. The second-order valence-corrected chi connectivity index (χ2v) is 6.73. The van der Waals surface area contributed by atoms with E-state index in [-0.39, 0.29) is 24.8 Å².